The molecule has 0 aliphatic rings. The zero-order chi connectivity index (χ0) is 18.9. The van der Waals surface area contributed by atoms with Crippen LogP contribution in [0, 0.1) is 6.92 Å². The van der Waals surface area contributed by atoms with Crippen LogP contribution in [0.4, 0.5) is 13.6 Å². The standard InChI is InChI=1S/C19H22F2N2O3/c1-13-3-8-17(25-2)15(11-13)9-10-22-19(24)23-12-14-4-6-16(7-5-14)26-18(20)21/h3-8,11,18H,9-10,12H2,1-2H3,(H2,22,23,24). The summed E-state index contributed by atoms with van der Waals surface area (Å²) in [6.45, 7) is -0.0981. The number of ether oxygens (including phenoxy) is 2. The molecule has 2 amide bonds. The number of amides is 2. The van der Waals surface area contributed by atoms with E-state index in [1.54, 1.807) is 19.2 Å². The van der Waals surface area contributed by atoms with Crippen LogP contribution in [0.1, 0.15) is 16.7 Å². The Labute approximate surface area is 151 Å². The fraction of sp³-hybridized carbons (Fsp3) is 0.316. The van der Waals surface area contributed by atoms with Crippen LogP contribution in [0.3, 0.4) is 0 Å². The molecule has 0 radical (unpaired) electrons. The fourth-order valence-corrected chi connectivity index (χ4v) is 2.45. The molecule has 0 bridgehead atoms. The predicted molar refractivity (Wildman–Crippen MR) is 94.7 cm³/mol. The first-order valence-corrected chi connectivity index (χ1v) is 8.17. The van der Waals surface area contributed by atoms with Crippen LogP contribution >= 0.6 is 0 Å². The molecule has 0 fully saturated rings. The molecule has 0 aliphatic carbocycles. The lowest BCUT2D eigenvalue weighted by atomic mass is 10.1. The number of hydrogen-bond acceptors (Lipinski definition) is 3. The van der Waals surface area contributed by atoms with Crippen LogP contribution in [0.15, 0.2) is 42.5 Å². The SMILES string of the molecule is COc1ccc(C)cc1CCNC(=O)NCc1ccc(OC(F)F)cc1. The van der Waals surface area contributed by atoms with Crippen LogP contribution in [0.2, 0.25) is 0 Å². The minimum Gasteiger partial charge on any atom is -0.496 e. The largest absolute Gasteiger partial charge is 0.496 e. The maximum atomic E-state index is 12.1. The second-order valence-electron chi connectivity index (χ2n) is 5.70. The van der Waals surface area contributed by atoms with Gasteiger partial charge in [0.15, 0.2) is 0 Å². The number of alkyl halides is 2. The van der Waals surface area contributed by atoms with Gasteiger partial charge in [-0.2, -0.15) is 8.78 Å². The maximum absolute atomic E-state index is 12.1. The number of halogens is 2. The Morgan fingerprint density at radius 1 is 1.12 bits per heavy atom. The summed E-state index contributed by atoms with van der Waals surface area (Å²) >= 11 is 0. The normalized spacial score (nSPS) is 10.5. The third-order valence-corrected chi connectivity index (χ3v) is 3.72. The number of urea groups is 1. The molecule has 2 aromatic carbocycles. The zero-order valence-corrected chi connectivity index (χ0v) is 14.7. The Balaban J connectivity index is 1.75. The predicted octanol–water partition coefficient (Wildman–Crippen LogP) is 3.65. The number of carbonyl (C=O) groups is 1. The molecular formula is C19H22F2N2O3. The van der Waals surface area contributed by atoms with Crippen LogP contribution in [0.25, 0.3) is 0 Å². The lowest BCUT2D eigenvalue weighted by molar-refractivity contribution is -0.0498. The highest BCUT2D eigenvalue weighted by atomic mass is 19.3. The van der Waals surface area contributed by atoms with E-state index in [1.807, 2.05) is 25.1 Å². The molecule has 2 rings (SSSR count). The molecule has 0 aromatic heterocycles. The molecule has 2 N–H and O–H groups in total. The second kappa shape index (κ2) is 9.60. The average Bonchev–Trinajstić information content (AvgIpc) is 2.61. The van der Waals surface area contributed by atoms with Crippen LogP contribution in [-0.4, -0.2) is 26.3 Å². The molecule has 5 nitrogen and oxygen atoms in total. The van der Waals surface area contributed by atoms with E-state index in [4.69, 9.17) is 4.74 Å². The van der Waals surface area contributed by atoms with Gasteiger partial charge in [0, 0.05) is 13.1 Å². The summed E-state index contributed by atoms with van der Waals surface area (Å²) in [6.07, 6.45) is 0.651. The molecule has 7 heteroatoms. The molecule has 0 heterocycles. The number of rotatable bonds is 8. The van der Waals surface area contributed by atoms with Gasteiger partial charge in [0.1, 0.15) is 11.5 Å². The molecule has 2 aromatic rings. The lowest BCUT2D eigenvalue weighted by Crippen LogP contribution is -2.36. The number of methoxy groups -OCH3 is 1. The average molecular weight is 364 g/mol. The summed E-state index contributed by atoms with van der Waals surface area (Å²) < 4.78 is 33.8. The van der Waals surface area contributed by atoms with Crippen molar-refractivity contribution in [2.45, 2.75) is 26.5 Å². The zero-order valence-electron chi connectivity index (χ0n) is 14.7. The summed E-state index contributed by atoms with van der Waals surface area (Å²) in [6, 6.07) is 11.7. The molecule has 26 heavy (non-hydrogen) atoms. The fourth-order valence-electron chi connectivity index (χ4n) is 2.45. The van der Waals surface area contributed by atoms with Crippen molar-refractivity contribution in [3.05, 3.63) is 59.2 Å². The first-order chi connectivity index (χ1) is 12.5. The number of carbonyl (C=O) groups excluding carboxylic acids is 1. The van der Waals surface area contributed by atoms with Crippen LogP contribution < -0.4 is 20.1 Å². The molecule has 0 aliphatic heterocycles. The summed E-state index contributed by atoms with van der Waals surface area (Å²) in [5.74, 6) is 0.879. The van der Waals surface area contributed by atoms with Crippen molar-refractivity contribution >= 4 is 6.03 Å². The topological polar surface area (TPSA) is 59.6 Å². The van der Waals surface area contributed by atoms with Crippen molar-refractivity contribution < 1.29 is 23.0 Å². The number of nitrogens with one attached hydrogen (secondary N) is 2. The van der Waals surface area contributed by atoms with Gasteiger partial charge in [0.2, 0.25) is 0 Å². The van der Waals surface area contributed by atoms with Gasteiger partial charge in [-0.1, -0.05) is 29.8 Å². The van der Waals surface area contributed by atoms with Gasteiger partial charge in [-0.25, -0.2) is 4.79 Å². The van der Waals surface area contributed by atoms with Gasteiger partial charge in [0.05, 0.1) is 7.11 Å². The van der Waals surface area contributed by atoms with Gasteiger partial charge in [-0.05, 0) is 42.7 Å². The van der Waals surface area contributed by atoms with E-state index < -0.39 is 6.61 Å². The third-order valence-electron chi connectivity index (χ3n) is 3.72. The molecular weight excluding hydrogens is 342 g/mol. The Morgan fingerprint density at radius 2 is 1.85 bits per heavy atom. The monoisotopic (exact) mass is 364 g/mol. The molecule has 140 valence electrons. The Morgan fingerprint density at radius 3 is 2.50 bits per heavy atom. The summed E-state index contributed by atoms with van der Waals surface area (Å²) in [5.41, 5.74) is 2.94. The van der Waals surface area contributed by atoms with Crippen molar-refractivity contribution in [3.8, 4) is 11.5 Å². The van der Waals surface area contributed by atoms with E-state index >= 15 is 0 Å². The quantitative estimate of drug-likeness (QED) is 0.752. The number of hydrogen-bond donors (Lipinski definition) is 2. The molecule has 0 atom stereocenters. The highest BCUT2D eigenvalue weighted by Crippen LogP contribution is 2.19. The van der Waals surface area contributed by atoms with Crippen molar-refractivity contribution in [1.82, 2.24) is 10.6 Å². The smallest absolute Gasteiger partial charge is 0.387 e. The molecule has 0 unspecified atom stereocenters. The Kier molecular flexibility index (Phi) is 7.20. The van der Waals surface area contributed by atoms with Crippen molar-refractivity contribution in [3.63, 3.8) is 0 Å². The summed E-state index contributed by atoms with van der Waals surface area (Å²) in [4.78, 5) is 11.9. The third kappa shape index (κ3) is 6.23. The number of aryl methyl sites for hydroxylation is 1. The second-order valence-corrected chi connectivity index (χ2v) is 5.70. The summed E-state index contributed by atoms with van der Waals surface area (Å²) in [5, 5.41) is 5.50. The first kappa shape index (κ1) is 19.5. The molecule has 0 saturated carbocycles. The van der Waals surface area contributed by atoms with Gasteiger partial charge in [-0.3, -0.25) is 0 Å². The van der Waals surface area contributed by atoms with E-state index in [0.29, 0.717) is 13.0 Å². The number of benzene rings is 2. The maximum Gasteiger partial charge on any atom is 0.387 e. The van der Waals surface area contributed by atoms with Crippen LogP contribution in [-0.2, 0) is 13.0 Å². The highest BCUT2D eigenvalue weighted by Gasteiger charge is 2.06. The summed E-state index contributed by atoms with van der Waals surface area (Å²) in [7, 11) is 1.62. The van der Waals surface area contributed by atoms with Gasteiger partial charge >= 0.3 is 12.6 Å². The minimum atomic E-state index is -2.85. The van der Waals surface area contributed by atoms with E-state index in [0.717, 1.165) is 22.4 Å². The van der Waals surface area contributed by atoms with E-state index in [-0.39, 0.29) is 18.3 Å². The van der Waals surface area contributed by atoms with E-state index in [2.05, 4.69) is 15.4 Å². The van der Waals surface area contributed by atoms with Crippen molar-refractivity contribution in [2.75, 3.05) is 13.7 Å². The van der Waals surface area contributed by atoms with Crippen molar-refractivity contribution in [1.29, 1.82) is 0 Å². The van der Waals surface area contributed by atoms with Gasteiger partial charge < -0.3 is 20.1 Å². The van der Waals surface area contributed by atoms with E-state index in [1.165, 1.54) is 12.1 Å². The Bertz CT molecular complexity index is 721. The highest BCUT2D eigenvalue weighted by molar-refractivity contribution is 5.73. The van der Waals surface area contributed by atoms with E-state index in [9.17, 15) is 13.6 Å². The van der Waals surface area contributed by atoms with Crippen molar-refractivity contribution in [2.24, 2.45) is 0 Å². The lowest BCUT2D eigenvalue weighted by Gasteiger charge is -2.11. The Hall–Kier alpha value is -2.83. The molecule has 0 saturated heterocycles. The van der Waals surface area contributed by atoms with Crippen LogP contribution in [0.5, 0.6) is 11.5 Å². The first-order valence-electron chi connectivity index (χ1n) is 8.17. The van der Waals surface area contributed by atoms with Gasteiger partial charge in [-0.15, -0.1) is 0 Å². The minimum absolute atomic E-state index is 0.0836. The van der Waals surface area contributed by atoms with Gasteiger partial charge in [0.25, 0.3) is 0 Å². The molecule has 0 spiro atoms.